The average Bonchev–Trinajstić information content (AvgIpc) is 3.20. The number of methoxy groups -OCH3 is 1. The molecule has 5 rings (SSSR count). The van der Waals surface area contributed by atoms with Crippen molar-refractivity contribution in [3.63, 3.8) is 0 Å². The molecule has 0 aliphatic carbocycles. The molecule has 0 bridgehead atoms. The smallest absolute Gasteiger partial charge is 0.262 e. The molecular formula is C27H26N4O2S. The Morgan fingerprint density at radius 2 is 1.91 bits per heavy atom. The van der Waals surface area contributed by atoms with Crippen LogP contribution < -0.4 is 15.6 Å². The molecule has 6 nitrogen and oxygen atoms in total. The topological polar surface area (TPSA) is 69.0 Å². The number of fused-ring (bicyclic) bond motifs is 2. The van der Waals surface area contributed by atoms with E-state index in [0.29, 0.717) is 6.54 Å². The molecule has 5 aromatic rings. The fraction of sp³-hybridized carbons (Fsp3) is 0.222. The molecule has 34 heavy (non-hydrogen) atoms. The van der Waals surface area contributed by atoms with Gasteiger partial charge in [0.2, 0.25) is 0 Å². The Morgan fingerprint density at radius 3 is 2.74 bits per heavy atom. The summed E-state index contributed by atoms with van der Waals surface area (Å²) in [5, 5.41) is 6.39. The summed E-state index contributed by atoms with van der Waals surface area (Å²) in [6, 6.07) is 16.2. The lowest BCUT2D eigenvalue weighted by molar-refractivity contribution is 0.409. The van der Waals surface area contributed by atoms with Gasteiger partial charge < -0.3 is 10.1 Å². The lowest BCUT2D eigenvalue weighted by Crippen LogP contribution is -2.21. The highest BCUT2D eigenvalue weighted by molar-refractivity contribution is 7.18. The summed E-state index contributed by atoms with van der Waals surface area (Å²) >= 11 is 1.61. The molecule has 0 aliphatic heterocycles. The van der Waals surface area contributed by atoms with Gasteiger partial charge in [0, 0.05) is 35.9 Å². The van der Waals surface area contributed by atoms with Crippen LogP contribution in [0.5, 0.6) is 5.75 Å². The monoisotopic (exact) mass is 470 g/mol. The molecular weight excluding hydrogens is 444 g/mol. The third-order valence-corrected chi connectivity index (χ3v) is 7.43. The minimum atomic E-state index is -0.00951. The van der Waals surface area contributed by atoms with Crippen LogP contribution in [0.3, 0.4) is 0 Å². The predicted octanol–water partition coefficient (Wildman–Crippen LogP) is 4.70. The number of rotatable bonds is 8. The van der Waals surface area contributed by atoms with Crippen LogP contribution >= 0.6 is 11.3 Å². The maximum Gasteiger partial charge on any atom is 0.262 e. The highest BCUT2D eigenvalue weighted by atomic mass is 32.1. The molecule has 0 aliphatic rings. The Hall–Kier alpha value is -3.55. The van der Waals surface area contributed by atoms with Crippen LogP contribution in [0, 0.1) is 6.92 Å². The number of hydrogen-bond donors (Lipinski definition) is 1. The van der Waals surface area contributed by atoms with E-state index in [4.69, 9.17) is 4.74 Å². The van der Waals surface area contributed by atoms with Crippen molar-refractivity contribution in [2.45, 2.75) is 26.4 Å². The first-order valence-electron chi connectivity index (χ1n) is 11.3. The second-order valence-corrected chi connectivity index (χ2v) is 9.34. The number of nitrogens with zero attached hydrogens (tertiary/aromatic N) is 3. The normalized spacial score (nSPS) is 11.4. The first-order chi connectivity index (χ1) is 16.7. The van der Waals surface area contributed by atoms with Crippen molar-refractivity contribution in [1.82, 2.24) is 19.9 Å². The van der Waals surface area contributed by atoms with Crippen LogP contribution in [0.15, 0.2) is 72.0 Å². The van der Waals surface area contributed by atoms with E-state index in [1.807, 2.05) is 43.3 Å². The van der Waals surface area contributed by atoms with Crippen LogP contribution in [-0.2, 0) is 19.5 Å². The number of benzene rings is 2. The molecule has 1 N–H and O–H groups in total. The highest BCUT2D eigenvalue weighted by Gasteiger charge is 2.16. The third kappa shape index (κ3) is 4.32. The summed E-state index contributed by atoms with van der Waals surface area (Å²) in [7, 11) is 1.66. The fourth-order valence-corrected chi connectivity index (χ4v) is 5.47. The zero-order valence-corrected chi connectivity index (χ0v) is 20.1. The molecule has 172 valence electrons. The number of hydrogen-bond acceptors (Lipinski definition) is 6. The third-order valence-electron chi connectivity index (χ3n) is 6.17. The summed E-state index contributed by atoms with van der Waals surface area (Å²) in [5.41, 5.74) is 3.21. The van der Waals surface area contributed by atoms with Crippen LogP contribution in [0.1, 0.15) is 21.6 Å². The highest BCUT2D eigenvalue weighted by Crippen LogP contribution is 2.30. The first-order valence-corrected chi connectivity index (χ1v) is 12.1. The lowest BCUT2D eigenvalue weighted by Gasteiger charge is -2.13. The number of aryl methyl sites for hydroxylation is 1. The van der Waals surface area contributed by atoms with Crippen LogP contribution in [0.4, 0.5) is 0 Å². The van der Waals surface area contributed by atoms with Gasteiger partial charge in [-0.1, -0.05) is 30.3 Å². The van der Waals surface area contributed by atoms with Gasteiger partial charge in [-0.25, -0.2) is 4.98 Å². The molecule has 0 spiro atoms. The Kier molecular flexibility index (Phi) is 6.38. The molecule has 0 radical (unpaired) electrons. The fourth-order valence-electron chi connectivity index (χ4n) is 4.33. The van der Waals surface area contributed by atoms with Crippen LogP contribution in [0.2, 0.25) is 0 Å². The molecule has 0 saturated heterocycles. The van der Waals surface area contributed by atoms with Crippen molar-refractivity contribution >= 4 is 32.3 Å². The summed E-state index contributed by atoms with van der Waals surface area (Å²) in [6.45, 7) is 4.06. The number of pyridine rings is 1. The van der Waals surface area contributed by atoms with Gasteiger partial charge in [0.1, 0.15) is 10.6 Å². The van der Waals surface area contributed by atoms with Crippen LogP contribution in [0.25, 0.3) is 21.0 Å². The number of nitrogens with one attached hydrogen (secondary N) is 1. The van der Waals surface area contributed by atoms with E-state index < -0.39 is 0 Å². The van der Waals surface area contributed by atoms with E-state index in [0.717, 1.165) is 57.4 Å². The van der Waals surface area contributed by atoms with E-state index in [1.165, 1.54) is 10.4 Å². The first kappa shape index (κ1) is 22.3. The molecule has 3 aromatic heterocycles. The van der Waals surface area contributed by atoms with E-state index in [9.17, 15) is 4.79 Å². The molecule has 0 fully saturated rings. The Balaban J connectivity index is 1.40. The van der Waals surface area contributed by atoms with Crippen molar-refractivity contribution in [2.24, 2.45) is 0 Å². The van der Waals surface area contributed by atoms with E-state index in [1.54, 1.807) is 41.7 Å². The zero-order valence-electron chi connectivity index (χ0n) is 19.2. The SMILES string of the molecule is COc1ccc2ccccc2c1Cn1cnc2sc(CCNCc3ccncc3)c(C)c2c1=O. The molecule has 0 atom stereocenters. The van der Waals surface area contributed by atoms with Crippen molar-refractivity contribution in [3.05, 3.63) is 99.2 Å². The van der Waals surface area contributed by atoms with Crippen molar-refractivity contribution in [3.8, 4) is 5.75 Å². The predicted molar refractivity (Wildman–Crippen MR) is 138 cm³/mol. The summed E-state index contributed by atoms with van der Waals surface area (Å²) in [5.74, 6) is 0.772. The molecule has 7 heteroatoms. The lowest BCUT2D eigenvalue weighted by atomic mass is 10.0. The van der Waals surface area contributed by atoms with Crippen molar-refractivity contribution in [1.29, 1.82) is 0 Å². The summed E-state index contributed by atoms with van der Waals surface area (Å²) < 4.78 is 7.32. The van der Waals surface area contributed by atoms with E-state index in [-0.39, 0.29) is 5.56 Å². The maximum atomic E-state index is 13.5. The molecule has 2 aromatic carbocycles. The Labute approximate surface area is 201 Å². The number of aromatic nitrogens is 3. The minimum Gasteiger partial charge on any atom is -0.496 e. The quantitative estimate of drug-likeness (QED) is 0.333. The maximum absolute atomic E-state index is 13.5. The standard InChI is InChI=1S/C27H26N4O2S/c1-18-24(11-14-29-15-19-9-12-28-13-10-19)34-26-25(18)27(32)31(17-30-26)16-22-21-6-4-3-5-20(21)7-8-23(22)33-2/h3-10,12-13,17,29H,11,14-16H2,1-2H3. The van der Waals surface area contributed by atoms with Gasteiger partial charge in [-0.05, 0) is 53.4 Å². The van der Waals surface area contributed by atoms with Gasteiger partial charge in [0.15, 0.2) is 0 Å². The van der Waals surface area contributed by atoms with Gasteiger partial charge in [0.05, 0.1) is 25.4 Å². The Morgan fingerprint density at radius 1 is 1.09 bits per heavy atom. The molecule has 3 heterocycles. The van der Waals surface area contributed by atoms with Gasteiger partial charge in [-0.3, -0.25) is 14.3 Å². The number of ether oxygens (including phenoxy) is 1. The molecule has 0 unspecified atom stereocenters. The second-order valence-electron chi connectivity index (χ2n) is 8.26. The van der Waals surface area contributed by atoms with E-state index >= 15 is 0 Å². The van der Waals surface area contributed by atoms with Crippen molar-refractivity contribution < 1.29 is 4.74 Å². The molecule has 0 saturated carbocycles. The van der Waals surface area contributed by atoms with Crippen LogP contribution in [-0.4, -0.2) is 28.2 Å². The van der Waals surface area contributed by atoms with Gasteiger partial charge >= 0.3 is 0 Å². The van der Waals surface area contributed by atoms with Gasteiger partial charge in [0.25, 0.3) is 5.56 Å². The van der Waals surface area contributed by atoms with Gasteiger partial charge in [-0.15, -0.1) is 11.3 Å². The summed E-state index contributed by atoms with van der Waals surface area (Å²) in [4.78, 5) is 24.2. The molecule has 0 amide bonds. The number of thiophene rings is 1. The van der Waals surface area contributed by atoms with Crippen molar-refractivity contribution in [2.75, 3.05) is 13.7 Å². The van der Waals surface area contributed by atoms with Gasteiger partial charge in [-0.2, -0.15) is 0 Å². The average molecular weight is 471 g/mol. The largest absolute Gasteiger partial charge is 0.496 e. The zero-order chi connectivity index (χ0) is 23.5. The second kappa shape index (κ2) is 9.75. The van der Waals surface area contributed by atoms with E-state index in [2.05, 4.69) is 27.4 Å². The Bertz CT molecular complexity index is 1510. The minimum absolute atomic E-state index is 0.00951. The summed E-state index contributed by atoms with van der Waals surface area (Å²) in [6.07, 6.45) is 6.12.